The van der Waals surface area contributed by atoms with Crippen LogP contribution in [0.3, 0.4) is 0 Å². The monoisotopic (exact) mass is 266 g/mol. The maximum Gasteiger partial charge on any atom is 0.126 e. The van der Waals surface area contributed by atoms with E-state index in [9.17, 15) is 0 Å². The Labute approximate surface area is 117 Å². The van der Waals surface area contributed by atoms with Gasteiger partial charge in [-0.3, -0.25) is 0 Å². The molecule has 2 heteroatoms. The summed E-state index contributed by atoms with van der Waals surface area (Å²) >= 11 is 1.76. The second-order valence-corrected chi connectivity index (χ2v) is 5.18. The van der Waals surface area contributed by atoms with Gasteiger partial charge in [0.15, 0.2) is 0 Å². The first kappa shape index (κ1) is 12.0. The predicted octanol–water partition coefficient (Wildman–Crippen LogP) is 5.09. The molecule has 0 aliphatic carbocycles. The van der Waals surface area contributed by atoms with Crippen molar-refractivity contribution in [1.82, 2.24) is 0 Å². The number of ether oxygens (including phenoxy) is 1. The van der Waals surface area contributed by atoms with Gasteiger partial charge in [-0.1, -0.05) is 48.5 Å². The molecule has 1 heterocycles. The molecule has 0 aliphatic rings. The van der Waals surface area contributed by atoms with Gasteiger partial charge in [-0.15, -0.1) is 11.3 Å². The fourth-order valence-corrected chi connectivity index (χ4v) is 3.03. The summed E-state index contributed by atoms with van der Waals surface area (Å²) in [6, 6.07) is 20.8. The lowest BCUT2D eigenvalue weighted by atomic mass is 10.1. The lowest BCUT2D eigenvalue weighted by Crippen LogP contribution is -1.85. The second kappa shape index (κ2) is 5.29. The smallest absolute Gasteiger partial charge is 0.126 e. The van der Waals surface area contributed by atoms with Crippen molar-refractivity contribution >= 4 is 11.3 Å². The van der Waals surface area contributed by atoms with Gasteiger partial charge in [-0.2, -0.15) is 0 Å². The third-order valence-corrected chi connectivity index (χ3v) is 4.06. The number of hydrogen-bond acceptors (Lipinski definition) is 2. The van der Waals surface area contributed by atoms with Crippen LogP contribution in [0.4, 0.5) is 0 Å². The summed E-state index contributed by atoms with van der Waals surface area (Å²) in [7, 11) is 1.71. The first-order valence-electron chi connectivity index (χ1n) is 6.16. The summed E-state index contributed by atoms with van der Waals surface area (Å²) in [6.07, 6.45) is 0. The van der Waals surface area contributed by atoms with Gasteiger partial charge in [0.2, 0.25) is 0 Å². The van der Waals surface area contributed by atoms with Gasteiger partial charge in [0.25, 0.3) is 0 Å². The van der Waals surface area contributed by atoms with Gasteiger partial charge < -0.3 is 4.74 Å². The Morgan fingerprint density at radius 2 is 1.58 bits per heavy atom. The Balaban J connectivity index is 2.02. The highest BCUT2D eigenvalue weighted by molar-refractivity contribution is 7.14. The molecule has 0 saturated heterocycles. The Morgan fingerprint density at radius 1 is 0.842 bits per heavy atom. The molecule has 0 N–H and O–H groups in total. The summed E-state index contributed by atoms with van der Waals surface area (Å²) in [5.74, 6) is 0.917. The van der Waals surface area contributed by atoms with Crippen LogP contribution < -0.4 is 4.74 Å². The van der Waals surface area contributed by atoms with Crippen molar-refractivity contribution in [1.29, 1.82) is 0 Å². The lowest BCUT2D eigenvalue weighted by Gasteiger charge is -2.05. The van der Waals surface area contributed by atoms with E-state index in [1.807, 2.05) is 24.3 Å². The SMILES string of the molecule is COc1ccccc1-c1csc(-c2ccccc2)c1. The third-order valence-electron chi connectivity index (χ3n) is 3.08. The maximum atomic E-state index is 5.42. The fourth-order valence-electron chi connectivity index (χ4n) is 2.11. The van der Waals surface area contributed by atoms with Crippen LogP contribution in [0.2, 0.25) is 0 Å². The molecule has 0 unspecified atom stereocenters. The zero-order valence-electron chi connectivity index (χ0n) is 10.7. The lowest BCUT2D eigenvalue weighted by molar-refractivity contribution is 0.416. The number of para-hydroxylation sites is 1. The molecule has 3 aromatic rings. The molecule has 2 aromatic carbocycles. The van der Waals surface area contributed by atoms with E-state index in [0.29, 0.717) is 0 Å². The van der Waals surface area contributed by atoms with Gasteiger partial charge in [-0.25, -0.2) is 0 Å². The van der Waals surface area contributed by atoms with Crippen LogP contribution in [0.15, 0.2) is 66.0 Å². The van der Waals surface area contributed by atoms with Crippen LogP contribution in [0.5, 0.6) is 5.75 Å². The Hall–Kier alpha value is -2.06. The van der Waals surface area contributed by atoms with Crippen LogP contribution in [-0.2, 0) is 0 Å². The Bertz CT molecular complexity index is 670. The molecule has 0 fully saturated rings. The molecule has 0 atom stereocenters. The molecule has 1 nitrogen and oxygen atoms in total. The van der Waals surface area contributed by atoms with E-state index in [0.717, 1.165) is 11.3 Å². The summed E-state index contributed by atoms with van der Waals surface area (Å²) in [5, 5.41) is 2.18. The Kier molecular flexibility index (Phi) is 3.34. The van der Waals surface area contributed by atoms with Crippen LogP contribution in [0.25, 0.3) is 21.6 Å². The third kappa shape index (κ3) is 2.40. The average Bonchev–Trinajstić information content (AvgIpc) is 2.98. The average molecular weight is 266 g/mol. The highest BCUT2D eigenvalue weighted by Gasteiger charge is 2.08. The minimum absolute atomic E-state index is 0.917. The minimum Gasteiger partial charge on any atom is -0.496 e. The normalized spacial score (nSPS) is 10.4. The quantitative estimate of drug-likeness (QED) is 0.641. The number of benzene rings is 2. The molecule has 19 heavy (non-hydrogen) atoms. The minimum atomic E-state index is 0.917. The summed E-state index contributed by atoms with van der Waals surface area (Å²) in [5.41, 5.74) is 3.61. The van der Waals surface area contributed by atoms with E-state index in [4.69, 9.17) is 4.74 Å². The van der Waals surface area contributed by atoms with Crippen molar-refractivity contribution in [2.45, 2.75) is 0 Å². The zero-order chi connectivity index (χ0) is 13.1. The summed E-state index contributed by atoms with van der Waals surface area (Å²) in [6.45, 7) is 0. The van der Waals surface area contributed by atoms with Crippen molar-refractivity contribution in [3.8, 4) is 27.3 Å². The van der Waals surface area contributed by atoms with Gasteiger partial charge >= 0.3 is 0 Å². The molecule has 0 radical (unpaired) electrons. The van der Waals surface area contributed by atoms with Gasteiger partial charge in [0, 0.05) is 10.4 Å². The van der Waals surface area contributed by atoms with E-state index in [1.165, 1.54) is 16.0 Å². The largest absolute Gasteiger partial charge is 0.496 e. The molecule has 0 spiro atoms. The highest BCUT2D eigenvalue weighted by atomic mass is 32.1. The van der Waals surface area contributed by atoms with E-state index in [1.54, 1.807) is 18.4 Å². The molecule has 1 aromatic heterocycles. The summed E-state index contributed by atoms with van der Waals surface area (Å²) < 4.78 is 5.42. The van der Waals surface area contributed by atoms with Crippen molar-refractivity contribution in [3.63, 3.8) is 0 Å². The van der Waals surface area contributed by atoms with Gasteiger partial charge in [0.1, 0.15) is 5.75 Å². The summed E-state index contributed by atoms with van der Waals surface area (Å²) in [4.78, 5) is 1.28. The first-order valence-corrected chi connectivity index (χ1v) is 7.04. The molecular weight excluding hydrogens is 252 g/mol. The van der Waals surface area contributed by atoms with Crippen LogP contribution in [-0.4, -0.2) is 7.11 Å². The van der Waals surface area contributed by atoms with Crippen molar-refractivity contribution in [2.75, 3.05) is 7.11 Å². The number of methoxy groups -OCH3 is 1. The van der Waals surface area contributed by atoms with E-state index < -0.39 is 0 Å². The zero-order valence-corrected chi connectivity index (χ0v) is 11.5. The molecule has 0 amide bonds. The van der Waals surface area contributed by atoms with E-state index in [-0.39, 0.29) is 0 Å². The number of thiophene rings is 1. The standard InChI is InChI=1S/C17H14OS/c1-18-16-10-6-5-9-15(16)14-11-17(19-12-14)13-7-3-2-4-8-13/h2-12H,1H3. The van der Waals surface area contributed by atoms with E-state index >= 15 is 0 Å². The highest BCUT2D eigenvalue weighted by Crippen LogP contribution is 2.36. The van der Waals surface area contributed by atoms with E-state index in [2.05, 4.69) is 41.8 Å². The number of hydrogen-bond donors (Lipinski definition) is 0. The molecule has 94 valence electrons. The number of rotatable bonds is 3. The molecule has 0 saturated carbocycles. The fraction of sp³-hybridized carbons (Fsp3) is 0.0588. The van der Waals surface area contributed by atoms with Crippen LogP contribution in [0, 0.1) is 0 Å². The molecule has 0 aliphatic heterocycles. The van der Waals surface area contributed by atoms with Gasteiger partial charge in [0.05, 0.1) is 7.11 Å². The molecule has 0 bridgehead atoms. The van der Waals surface area contributed by atoms with Crippen molar-refractivity contribution in [2.24, 2.45) is 0 Å². The maximum absolute atomic E-state index is 5.42. The predicted molar refractivity (Wildman–Crippen MR) is 81.7 cm³/mol. The van der Waals surface area contributed by atoms with Crippen LogP contribution in [0.1, 0.15) is 0 Å². The first-order chi connectivity index (χ1) is 9.38. The van der Waals surface area contributed by atoms with Crippen molar-refractivity contribution < 1.29 is 4.74 Å². The van der Waals surface area contributed by atoms with Crippen molar-refractivity contribution in [3.05, 3.63) is 66.0 Å². The van der Waals surface area contributed by atoms with Crippen LogP contribution >= 0.6 is 11.3 Å². The Morgan fingerprint density at radius 3 is 2.37 bits per heavy atom. The van der Waals surface area contributed by atoms with Gasteiger partial charge in [-0.05, 0) is 28.6 Å². The topological polar surface area (TPSA) is 9.23 Å². The molecule has 3 rings (SSSR count). The second-order valence-electron chi connectivity index (χ2n) is 4.27. The molecular formula is C17H14OS.